The maximum Gasteiger partial charge on any atom is 0.238 e. The van der Waals surface area contributed by atoms with Gasteiger partial charge in [0.25, 0.3) is 0 Å². The van der Waals surface area contributed by atoms with Crippen molar-refractivity contribution < 1.29 is 14.3 Å². The molecule has 2 aliphatic rings. The number of amides is 2. The van der Waals surface area contributed by atoms with Gasteiger partial charge in [0.05, 0.1) is 17.5 Å². The molecule has 2 atom stereocenters. The van der Waals surface area contributed by atoms with Crippen molar-refractivity contribution in [2.75, 3.05) is 4.90 Å². The zero-order chi connectivity index (χ0) is 18.3. The Bertz CT molecular complexity index is 886. The van der Waals surface area contributed by atoms with Crippen LogP contribution in [0.5, 0.6) is 11.5 Å². The smallest absolute Gasteiger partial charge is 0.238 e. The predicted molar refractivity (Wildman–Crippen MR) is 100 cm³/mol. The Morgan fingerprint density at radius 3 is 2.15 bits per heavy atom. The molecule has 4 nitrogen and oxygen atoms in total. The van der Waals surface area contributed by atoms with Crippen LogP contribution in [-0.4, -0.2) is 11.8 Å². The molecule has 0 radical (unpaired) electrons. The van der Waals surface area contributed by atoms with E-state index in [1.54, 1.807) is 48.5 Å². The minimum Gasteiger partial charge on any atom is -0.457 e. The molecule has 26 heavy (non-hydrogen) atoms. The summed E-state index contributed by atoms with van der Waals surface area (Å²) in [6, 6.07) is 14.1. The van der Waals surface area contributed by atoms with Gasteiger partial charge < -0.3 is 4.74 Å². The van der Waals surface area contributed by atoms with Crippen molar-refractivity contribution >= 4 is 29.1 Å². The number of hydrogen-bond donors (Lipinski definition) is 0. The fourth-order valence-corrected chi connectivity index (χ4v) is 3.72. The number of anilines is 1. The molecule has 0 aromatic heterocycles. The lowest BCUT2D eigenvalue weighted by Gasteiger charge is -2.18. The lowest BCUT2D eigenvalue weighted by Crippen LogP contribution is -2.30. The third kappa shape index (κ3) is 3.01. The first-order valence-electron chi connectivity index (χ1n) is 8.60. The van der Waals surface area contributed by atoms with E-state index in [2.05, 4.69) is 6.08 Å². The van der Waals surface area contributed by atoms with Crippen molar-refractivity contribution in [3.8, 4) is 11.5 Å². The molecule has 0 spiro atoms. The lowest BCUT2D eigenvalue weighted by molar-refractivity contribution is -0.122. The molecule has 1 saturated heterocycles. The van der Waals surface area contributed by atoms with E-state index < -0.39 is 0 Å². The topological polar surface area (TPSA) is 46.6 Å². The van der Waals surface area contributed by atoms with Crippen LogP contribution in [-0.2, 0) is 9.59 Å². The number of hydrogen-bond acceptors (Lipinski definition) is 3. The van der Waals surface area contributed by atoms with Gasteiger partial charge in [0.1, 0.15) is 11.5 Å². The number of carbonyl (C=O) groups is 2. The highest BCUT2D eigenvalue weighted by Crippen LogP contribution is 2.40. The minimum absolute atomic E-state index is 0.0983. The van der Waals surface area contributed by atoms with E-state index in [1.807, 2.05) is 6.92 Å². The number of rotatable bonds is 3. The Kier molecular flexibility index (Phi) is 4.29. The molecule has 0 saturated carbocycles. The second-order valence-corrected chi connectivity index (χ2v) is 7.20. The highest BCUT2D eigenvalue weighted by atomic mass is 35.5. The molecule has 2 aromatic rings. The molecular formula is C21H18ClNO3. The summed E-state index contributed by atoms with van der Waals surface area (Å²) in [6.07, 6.45) is 3.39. The molecule has 2 unspecified atom stereocenters. The maximum absolute atomic E-state index is 12.7. The van der Waals surface area contributed by atoms with Gasteiger partial charge >= 0.3 is 0 Å². The number of ether oxygens (including phenoxy) is 1. The number of imide groups is 1. The highest BCUT2D eigenvalue weighted by molar-refractivity contribution is 6.30. The van der Waals surface area contributed by atoms with E-state index in [-0.39, 0.29) is 23.7 Å². The van der Waals surface area contributed by atoms with Crippen molar-refractivity contribution in [3.63, 3.8) is 0 Å². The van der Waals surface area contributed by atoms with Crippen LogP contribution in [0.1, 0.15) is 19.8 Å². The van der Waals surface area contributed by atoms with Gasteiger partial charge in [-0.2, -0.15) is 0 Å². The van der Waals surface area contributed by atoms with Gasteiger partial charge in [0, 0.05) is 5.02 Å². The first-order valence-corrected chi connectivity index (χ1v) is 8.97. The summed E-state index contributed by atoms with van der Waals surface area (Å²) in [7, 11) is 0. The summed E-state index contributed by atoms with van der Waals surface area (Å²) >= 11 is 5.87. The molecule has 5 heteroatoms. The summed E-state index contributed by atoms with van der Waals surface area (Å²) in [6.45, 7) is 2.01. The Hall–Kier alpha value is -2.59. The van der Waals surface area contributed by atoms with E-state index in [1.165, 1.54) is 10.5 Å². The average Bonchev–Trinajstić information content (AvgIpc) is 2.88. The fraction of sp³-hybridized carbons (Fsp3) is 0.238. The number of allylic oxidation sites excluding steroid dienone is 2. The average molecular weight is 368 g/mol. The standard InChI is InChI=1S/C21H18ClNO3/c1-13-2-11-18-19(12-13)21(25)23(20(18)24)15-5-9-17(10-6-15)26-16-7-3-14(22)4-8-16/h2-10,18-19H,11-12H2,1H3. The van der Waals surface area contributed by atoms with Gasteiger partial charge in [-0.25, -0.2) is 0 Å². The Morgan fingerprint density at radius 1 is 0.923 bits per heavy atom. The van der Waals surface area contributed by atoms with Crippen molar-refractivity contribution in [1.82, 2.24) is 0 Å². The second kappa shape index (κ2) is 6.61. The molecule has 0 N–H and O–H groups in total. The van der Waals surface area contributed by atoms with Crippen LogP contribution in [0.25, 0.3) is 0 Å². The molecule has 1 heterocycles. The quantitative estimate of drug-likeness (QED) is 0.568. The number of halogens is 1. The Balaban J connectivity index is 1.53. The van der Waals surface area contributed by atoms with Crippen LogP contribution < -0.4 is 9.64 Å². The van der Waals surface area contributed by atoms with Crippen molar-refractivity contribution in [2.24, 2.45) is 11.8 Å². The SMILES string of the molecule is CC1=CCC2C(=O)N(c3ccc(Oc4ccc(Cl)cc4)cc3)C(=O)C2C1. The lowest BCUT2D eigenvalue weighted by atomic mass is 9.82. The number of carbonyl (C=O) groups excluding carboxylic acids is 2. The molecule has 1 fully saturated rings. The molecule has 2 amide bonds. The monoisotopic (exact) mass is 367 g/mol. The van der Waals surface area contributed by atoms with E-state index >= 15 is 0 Å². The fourth-order valence-electron chi connectivity index (χ4n) is 3.59. The van der Waals surface area contributed by atoms with Gasteiger partial charge in [-0.15, -0.1) is 0 Å². The minimum atomic E-state index is -0.226. The van der Waals surface area contributed by atoms with Crippen LogP contribution in [0.15, 0.2) is 60.2 Å². The van der Waals surface area contributed by atoms with E-state index in [0.717, 1.165) is 0 Å². The number of fused-ring (bicyclic) bond motifs is 1. The van der Waals surface area contributed by atoms with E-state index in [0.29, 0.717) is 35.1 Å². The number of benzene rings is 2. The first-order chi connectivity index (χ1) is 12.5. The number of nitrogens with zero attached hydrogens (tertiary/aromatic N) is 1. The molecule has 1 aliphatic carbocycles. The Labute approximate surface area is 157 Å². The second-order valence-electron chi connectivity index (χ2n) is 6.77. The molecule has 132 valence electrons. The molecule has 2 aromatic carbocycles. The maximum atomic E-state index is 12.7. The van der Waals surface area contributed by atoms with Gasteiger partial charge in [0.15, 0.2) is 0 Å². The largest absolute Gasteiger partial charge is 0.457 e. The summed E-state index contributed by atoms with van der Waals surface area (Å²) in [5, 5.41) is 0.643. The summed E-state index contributed by atoms with van der Waals surface area (Å²) < 4.78 is 5.76. The van der Waals surface area contributed by atoms with Crippen LogP contribution >= 0.6 is 11.6 Å². The van der Waals surface area contributed by atoms with Crippen LogP contribution in [0.2, 0.25) is 5.02 Å². The zero-order valence-corrected chi connectivity index (χ0v) is 15.1. The predicted octanol–water partition coefficient (Wildman–Crippen LogP) is 4.98. The van der Waals surface area contributed by atoms with E-state index in [4.69, 9.17) is 16.3 Å². The third-order valence-electron chi connectivity index (χ3n) is 4.97. The van der Waals surface area contributed by atoms with Gasteiger partial charge in [-0.1, -0.05) is 23.3 Å². The molecule has 0 bridgehead atoms. The van der Waals surface area contributed by atoms with Gasteiger partial charge in [-0.05, 0) is 68.3 Å². The highest BCUT2D eigenvalue weighted by Gasteiger charge is 2.48. The van der Waals surface area contributed by atoms with Crippen LogP contribution in [0.4, 0.5) is 5.69 Å². The van der Waals surface area contributed by atoms with Crippen molar-refractivity contribution in [2.45, 2.75) is 19.8 Å². The zero-order valence-electron chi connectivity index (χ0n) is 14.3. The molecule has 1 aliphatic heterocycles. The summed E-state index contributed by atoms with van der Waals surface area (Å²) in [4.78, 5) is 26.8. The Morgan fingerprint density at radius 2 is 1.50 bits per heavy atom. The molecule has 4 rings (SSSR count). The third-order valence-corrected chi connectivity index (χ3v) is 5.22. The van der Waals surface area contributed by atoms with Crippen molar-refractivity contribution in [3.05, 3.63) is 65.2 Å². The van der Waals surface area contributed by atoms with Crippen molar-refractivity contribution in [1.29, 1.82) is 0 Å². The van der Waals surface area contributed by atoms with Gasteiger partial charge in [0.2, 0.25) is 11.8 Å². The van der Waals surface area contributed by atoms with Crippen LogP contribution in [0, 0.1) is 11.8 Å². The molecular weight excluding hydrogens is 350 g/mol. The van der Waals surface area contributed by atoms with Crippen LogP contribution in [0.3, 0.4) is 0 Å². The summed E-state index contributed by atoms with van der Waals surface area (Å²) in [5.41, 5.74) is 1.77. The normalized spacial score (nSPS) is 22.2. The van der Waals surface area contributed by atoms with Gasteiger partial charge in [-0.3, -0.25) is 14.5 Å². The summed E-state index contributed by atoms with van der Waals surface area (Å²) in [5.74, 6) is 0.649. The van der Waals surface area contributed by atoms with E-state index in [9.17, 15) is 9.59 Å². The first kappa shape index (κ1) is 16.9.